The van der Waals surface area contributed by atoms with Gasteiger partial charge in [0.25, 0.3) is 10.0 Å². The van der Waals surface area contributed by atoms with E-state index in [1.54, 1.807) is 6.07 Å². The Morgan fingerprint density at radius 1 is 1.27 bits per heavy atom. The Bertz CT molecular complexity index is 832. The standard InChI is InChI=1S/C13H14FN3O4S/c1-8-12(13(14)17(2)15-8)22(18,19)16-9-3-4-10-11(7-9)21-6-5-20-10/h3-4,7,16H,5-6H2,1-2H3. The molecule has 0 radical (unpaired) electrons. The molecule has 118 valence electrons. The molecule has 22 heavy (non-hydrogen) atoms. The number of ether oxygens (including phenoxy) is 2. The maximum Gasteiger partial charge on any atom is 0.268 e. The molecule has 1 aromatic carbocycles. The monoisotopic (exact) mass is 327 g/mol. The summed E-state index contributed by atoms with van der Waals surface area (Å²) < 4.78 is 52.6. The number of fused-ring (bicyclic) bond motifs is 1. The van der Waals surface area contributed by atoms with E-state index in [9.17, 15) is 12.8 Å². The maximum atomic E-state index is 13.9. The second kappa shape index (κ2) is 5.16. The quantitative estimate of drug-likeness (QED) is 0.922. The van der Waals surface area contributed by atoms with Gasteiger partial charge < -0.3 is 9.47 Å². The summed E-state index contributed by atoms with van der Waals surface area (Å²) in [6.45, 7) is 2.26. The highest BCUT2D eigenvalue weighted by atomic mass is 32.2. The summed E-state index contributed by atoms with van der Waals surface area (Å²) in [6, 6.07) is 4.61. The van der Waals surface area contributed by atoms with Crippen LogP contribution in [0.3, 0.4) is 0 Å². The highest BCUT2D eigenvalue weighted by molar-refractivity contribution is 7.92. The van der Waals surface area contributed by atoms with Crippen molar-refractivity contribution in [2.24, 2.45) is 7.05 Å². The fourth-order valence-electron chi connectivity index (χ4n) is 2.23. The number of sulfonamides is 1. The number of benzene rings is 1. The van der Waals surface area contributed by atoms with Crippen LogP contribution in [0.2, 0.25) is 0 Å². The third-order valence-electron chi connectivity index (χ3n) is 3.16. The number of rotatable bonds is 3. The van der Waals surface area contributed by atoms with Gasteiger partial charge in [-0.2, -0.15) is 9.49 Å². The van der Waals surface area contributed by atoms with E-state index in [1.807, 2.05) is 0 Å². The van der Waals surface area contributed by atoms with Crippen LogP contribution in [0.5, 0.6) is 11.5 Å². The van der Waals surface area contributed by atoms with Crippen LogP contribution in [0.15, 0.2) is 23.1 Å². The summed E-state index contributed by atoms with van der Waals surface area (Å²) in [6.07, 6.45) is 0. The van der Waals surface area contributed by atoms with Gasteiger partial charge in [-0.25, -0.2) is 13.1 Å². The Labute approximate surface area is 126 Å². The molecule has 1 aliphatic rings. The molecule has 1 aliphatic heterocycles. The van der Waals surface area contributed by atoms with Crippen LogP contribution < -0.4 is 14.2 Å². The minimum atomic E-state index is -4.09. The van der Waals surface area contributed by atoms with Crippen LogP contribution in [-0.2, 0) is 17.1 Å². The zero-order chi connectivity index (χ0) is 15.9. The van der Waals surface area contributed by atoms with Crippen molar-refractivity contribution in [2.75, 3.05) is 17.9 Å². The molecule has 1 N–H and O–H groups in total. The summed E-state index contributed by atoms with van der Waals surface area (Å²) in [5.41, 5.74) is 0.344. The number of nitrogens with zero attached hydrogens (tertiary/aromatic N) is 2. The van der Waals surface area contributed by atoms with Gasteiger partial charge in [0.2, 0.25) is 5.95 Å². The molecule has 0 unspecified atom stereocenters. The van der Waals surface area contributed by atoms with Gasteiger partial charge in [-0.1, -0.05) is 0 Å². The van der Waals surface area contributed by atoms with E-state index < -0.39 is 20.9 Å². The molecule has 9 heteroatoms. The zero-order valence-corrected chi connectivity index (χ0v) is 12.8. The summed E-state index contributed by atoms with van der Waals surface area (Å²) in [5, 5.41) is 3.77. The third-order valence-corrected chi connectivity index (χ3v) is 4.67. The van der Waals surface area contributed by atoms with Crippen molar-refractivity contribution in [2.45, 2.75) is 11.8 Å². The first kappa shape index (κ1) is 14.6. The molecule has 0 bridgehead atoms. The summed E-state index contributed by atoms with van der Waals surface area (Å²) in [7, 11) is -2.75. The number of nitrogens with one attached hydrogen (secondary N) is 1. The maximum absolute atomic E-state index is 13.9. The lowest BCUT2D eigenvalue weighted by Gasteiger charge is -2.19. The van der Waals surface area contributed by atoms with Crippen molar-refractivity contribution in [3.63, 3.8) is 0 Å². The van der Waals surface area contributed by atoms with E-state index in [4.69, 9.17) is 9.47 Å². The predicted octanol–water partition coefficient (Wildman–Crippen LogP) is 1.44. The molecule has 0 saturated heterocycles. The number of hydrogen-bond donors (Lipinski definition) is 1. The molecule has 1 aromatic heterocycles. The minimum absolute atomic E-state index is 0.0880. The van der Waals surface area contributed by atoms with Gasteiger partial charge in [0.15, 0.2) is 16.4 Å². The normalized spacial score (nSPS) is 14.0. The molecule has 0 saturated carbocycles. The Morgan fingerprint density at radius 2 is 1.95 bits per heavy atom. The Morgan fingerprint density at radius 3 is 2.59 bits per heavy atom. The molecule has 0 fully saturated rings. The first-order valence-electron chi connectivity index (χ1n) is 6.50. The fraction of sp³-hybridized carbons (Fsp3) is 0.308. The highest BCUT2D eigenvalue weighted by Crippen LogP contribution is 2.33. The highest BCUT2D eigenvalue weighted by Gasteiger charge is 2.27. The van der Waals surface area contributed by atoms with Gasteiger partial charge in [-0.05, 0) is 19.1 Å². The van der Waals surface area contributed by atoms with Crippen LogP contribution in [0.25, 0.3) is 0 Å². The number of hydrogen-bond acceptors (Lipinski definition) is 5. The van der Waals surface area contributed by atoms with E-state index in [-0.39, 0.29) is 11.4 Å². The molecule has 0 atom stereocenters. The smallest absolute Gasteiger partial charge is 0.268 e. The Hall–Kier alpha value is -2.29. The van der Waals surface area contributed by atoms with E-state index in [2.05, 4.69) is 9.82 Å². The Balaban J connectivity index is 1.95. The number of aromatic nitrogens is 2. The average molecular weight is 327 g/mol. The fourth-order valence-corrected chi connectivity index (χ4v) is 3.55. The van der Waals surface area contributed by atoms with Gasteiger partial charge in [0, 0.05) is 13.1 Å². The lowest BCUT2D eigenvalue weighted by atomic mass is 10.3. The van der Waals surface area contributed by atoms with Crippen LogP contribution >= 0.6 is 0 Å². The molecule has 0 aliphatic carbocycles. The third kappa shape index (κ3) is 2.47. The van der Waals surface area contributed by atoms with E-state index in [1.165, 1.54) is 26.1 Å². The molecule has 2 heterocycles. The molecule has 7 nitrogen and oxygen atoms in total. The number of aryl methyl sites for hydroxylation is 2. The molecule has 2 aromatic rings. The largest absolute Gasteiger partial charge is 0.486 e. The van der Waals surface area contributed by atoms with E-state index >= 15 is 0 Å². The number of anilines is 1. The lowest BCUT2D eigenvalue weighted by Crippen LogP contribution is -2.17. The lowest BCUT2D eigenvalue weighted by molar-refractivity contribution is 0.171. The molecule has 0 spiro atoms. The van der Waals surface area contributed by atoms with Gasteiger partial charge in [-0.3, -0.25) is 4.72 Å². The predicted molar refractivity (Wildman–Crippen MR) is 76.1 cm³/mol. The van der Waals surface area contributed by atoms with Crippen molar-refractivity contribution in [3.05, 3.63) is 29.8 Å². The van der Waals surface area contributed by atoms with E-state index in [0.29, 0.717) is 24.7 Å². The van der Waals surface area contributed by atoms with Crippen LogP contribution in [0.1, 0.15) is 5.69 Å². The van der Waals surface area contributed by atoms with Crippen molar-refractivity contribution in [3.8, 4) is 11.5 Å². The summed E-state index contributed by atoms with van der Waals surface area (Å²) in [5.74, 6) is 0.0651. The first-order chi connectivity index (χ1) is 10.4. The summed E-state index contributed by atoms with van der Waals surface area (Å²) >= 11 is 0. The zero-order valence-electron chi connectivity index (χ0n) is 12.0. The Kier molecular flexibility index (Phi) is 3.44. The second-order valence-corrected chi connectivity index (χ2v) is 6.41. The average Bonchev–Trinajstić information content (AvgIpc) is 2.72. The van der Waals surface area contributed by atoms with Crippen molar-refractivity contribution < 1.29 is 22.3 Å². The van der Waals surface area contributed by atoms with Crippen LogP contribution in [-0.4, -0.2) is 31.4 Å². The van der Waals surface area contributed by atoms with E-state index in [0.717, 1.165) is 4.68 Å². The number of halogens is 1. The van der Waals surface area contributed by atoms with Gasteiger partial charge >= 0.3 is 0 Å². The second-order valence-electron chi connectivity index (χ2n) is 4.79. The molecule has 3 rings (SSSR count). The van der Waals surface area contributed by atoms with Crippen molar-refractivity contribution in [1.82, 2.24) is 9.78 Å². The molecular weight excluding hydrogens is 313 g/mol. The SMILES string of the molecule is Cc1nn(C)c(F)c1S(=O)(=O)Nc1ccc2c(c1)OCCO2. The molecule has 0 amide bonds. The van der Waals surface area contributed by atoms with Gasteiger partial charge in [0.05, 0.1) is 11.4 Å². The van der Waals surface area contributed by atoms with Crippen LogP contribution in [0.4, 0.5) is 10.1 Å². The van der Waals surface area contributed by atoms with Crippen LogP contribution in [0, 0.1) is 12.9 Å². The topological polar surface area (TPSA) is 82.5 Å². The van der Waals surface area contributed by atoms with Crippen molar-refractivity contribution >= 4 is 15.7 Å². The molecular formula is C13H14FN3O4S. The van der Waals surface area contributed by atoms with Gasteiger partial charge in [-0.15, -0.1) is 0 Å². The van der Waals surface area contributed by atoms with Crippen molar-refractivity contribution in [1.29, 1.82) is 0 Å². The summed E-state index contributed by atoms with van der Waals surface area (Å²) in [4.78, 5) is -0.468. The first-order valence-corrected chi connectivity index (χ1v) is 7.98. The van der Waals surface area contributed by atoms with Gasteiger partial charge in [0.1, 0.15) is 13.2 Å². The minimum Gasteiger partial charge on any atom is -0.486 e.